The number of fused-ring (bicyclic) bond motifs is 1. The number of pyridine rings is 1. The third-order valence-electron chi connectivity index (χ3n) is 3.31. The van der Waals surface area contributed by atoms with E-state index in [0.717, 1.165) is 10.9 Å². The minimum Gasteiger partial charge on any atom is -0.336 e. The van der Waals surface area contributed by atoms with Gasteiger partial charge in [0, 0.05) is 13.2 Å². The number of amides is 1. The molecule has 22 heavy (non-hydrogen) atoms. The standard InChI is InChI=1S/C16H15N3O3/c1-11-14-8-13(9-17-15(14)22-18-11)16(20)19(2)21-10-12-6-4-3-5-7-12/h3-9H,10H2,1-2H3. The Morgan fingerprint density at radius 1 is 1.32 bits per heavy atom. The zero-order valence-corrected chi connectivity index (χ0v) is 12.3. The fraction of sp³-hybridized carbons (Fsp3) is 0.188. The monoisotopic (exact) mass is 297 g/mol. The van der Waals surface area contributed by atoms with Crippen molar-refractivity contribution in [2.75, 3.05) is 7.05 Å². The number of aryl methyl sites for hydroxylation is 1. The van der Waals surface area contributed by atoms with Gasteiger partial charge in [-0.05, 0) is 18.6 Å². The molecule has 2 aromatic heterocycles. The van der Waals surface area contributed by atoms with Crippen LogP contribution in [0.5, 0.6) is 0 Å². The molecule has 0 aliphatic rings. The summed E-state index contributed by atoms with van der Waals surface area (Å²) in [5.74, 6) is -0.272. The number of hydrogen-bond donors (Lipinski definition) is 0. The number of hydroxylamine groups is 2. The third kappa shape index (κ3) is 2.82. The second-order valence-corrected chi connectivity index (χ2v) is 4.91. The van der Waals surface area contributed by atoms with E-state index >= 15 is 0 Å². The average molecular weight is 297 g/mol. The molecule has 0 bridgehead atoms. The Hall–Kier alpha value is -2.73. The Bertz CT molecular complexity index is 799. The molecule has 3 rings (SSSR count). The topological polar surface area (TPSA) is 68.5 Å². The Morgan fingerprint density at radius 3 is 2.86 bits per heavy atom. The molecule has 6 nitrogen and oxygen atoms in total. The second-order valence-electron chi connectivity index (χ2n) is 4.91. The fourth-order valence-electron chi connectivity index (χ4n) is 2.05. The Kier molecular flexibility index (Phi) is 3.84. The van der Waals surface area contributed by atoms with Gasteiger partial charge >= 0.3 is 0 Å². The van der Waals surface area contributed by atoms with Gasteiger partial charge < -0.3 is 4.52 Å². The molecule has 2 heterocycles. The Morgan fingerprint density at radius 2 is 2.09 bits per heavy atom. The highest BCUT2D eigenvalue weighted by molar-refractivity contribution is 5.96. The Balaban J connectivity index is 1.72. The largest absolute Gasteiger partial charge is 0.336 e. The van der Waals surface area contributed by atoms with E-state index in [0.29, 0.717) is 23.6 Å². The van der Waals surface area contributed by atoms with Crippen molar-refractivity contribution < 1.29 is 14.2 Å². The van der Waals surface area contributed by atoms with E-state index in [1.807, 2.05) is 30.3 Å². The van der Waals surface area contributed by atoms with Gasteiger partial charge in [0.05, 0.1) is 16.6 Å². The van der Waals surface area contributed by atoms with Gasteiger partial charge in [0.25, 0.3) is 11.6 Å². The lowest BCUT2D eigenvalue weighted by Crippen LogP contribution is -2.27. The van der Waals surface area contributed by atoms with E-state index in [9.17, 15) is 4.79 Å². The number of carbonyl (C=O) groups is 1. The molecular weight excluding hydrogens is 282 g/mol. The molecule has 0 atom stereocenters. The maximum Gasteiger partial charge on any atom is 0.278 e. The van der Waals surface area contributed by atoms with Crippen LogP contribution in [-0.4, -0.2) is 28.2 Å². The zero-order valence-electron chi connectivity index (χ0n) is 12.3. The van der Waals surface area contributed by atoms with Crippen LogP contribution in [0, 0.1) is 6.92 Å². The molecule has 0 fully saturated rings. The Labute approximate surface area is 127 Å². The molecule has 6 heteroatoms. The first kappa shape index (κ1) is 14.2. The number of rotatable bonds is 4. The number of benzene rings is 1. The highest BCUT2D eigenvalue weighted by atomic mass is 16.7. The van der Waals surface area contributed by atoms with Crippen molar-refractivity contribution in [1.29, 1.82) is 0 Å². The smallest absolute Gasteiger partial charge is 0.278 e. The highest BCUT2D eigenvalue weighted by Gasteiger charge is 2.16. The van der Waals surface area contributed by atoms with Crippen molar-refractivity contribution >= 4 is 17.0 Å². The average Bonchev–Trinajstić information content (AvgIpc) is 2.93. The normalized spacial score (nSPS) is 10.8. The van der Waals surface area contributed by atoms with Crippen LogP contribution in [0.25, 0.3) is 11.1 Å². The predicted molar refractivity (Wildman–Crippen MR) is 79.9 cm³/mol. The molecule has 112 valence electrons. The third-order valence-corrected chi connectivity index (χ3v) is 3.31. The van der Waals surface area contributed by atoms with Crippen LogP contribution in [0.3, 0.4) is 0 Å². The molecule has 0 radical (unpaired) electrons. The summed E-state index contributed by atoms with van der Waals surface area (Å²) in [7, 11) is 1.58. The van der Waals surface area contributed by atoms with Crippen LogP contribution in [-0.2, 0) is 11.4 Å². The lowest BCUT2D eigenvalue weighted by atomic mass is 10.2. The SMILES string of the molecule is Cc1noc2ncc(C(=O)N(C)OCc3ccccc3)cc12. The summed E-state index contributed by atoms with van der Waals surface area (Å²) >= 11 is 0. The number of nitrogens with zero attached hydrogens (tertiary/aromatic N) is 3. The minimum absolute atomic E-state index is 0.272. The summed E-state index contributed by atoms with van der Waals surface area (Å²) in [4.78, 5) is 21.9. The minimum atomic E-state index is -0.272. The van der Waals surface area contributed by atoms with Crippen molar-refractivity contribution in [1.82, 2.24) is 15.2 Å². The van der Waals surface area contributed by atoms with Gasteiger partial charge in [-0.3, -0.25) is 9.63 Å². The van der Waals surface area contributed by atoms with Crippen molar-refractivity contribution in [3.8, 4) is 0 Å². The van der Waals surface area contributed by atoms with Gasteiger partial charge in [-0.2, -0.15) is 0 Å². The first-order valence-corrected chi connectivity index (χ1v) is 6.82. The molecule has 0 saturated heterocycles. The van der Waals surface area contributed by atoms with E-state index in [2.05, 4.69) is 10.1 Å². The van der Waals surface area contributed by atoms with Crippen LogP contribution < -0.4 is 0 Å². The quantitative estimate of drug-likeness (QED) is 0.693. The molecule has 1 aromatic carbocycles. The van der Waals surface area contributed by atoms with Gasteiger partial charge in [0.1, 0.15) is 6.61 Å². The van der Waals surface area contributed by atoms with Gasteiger partial charge in [-0.1, -0.05) is 35.5 Å². The number of hydrogen-bond acceptors (Lipinski definition) is 5. The second kappa shape index (κ2) is 5.95. The lowest BCUT2D eigenvalue weighted by molar-refractivity contribution is -0.116. The zero-order chi connectivity index (χ0) is 15.5. The van der Waals surface area contributed by atoms with Crippen molar-refractivity contribution in [3.05, 3.63) is 59.4 Å². The summed E-state index contributed by atoms with van der Waals surface area (Å²) in [6, 6.07) is 11.4. The summed E-state index contributed by atoms with van der Waals surface area (Å²) in [6.07, 6.45) is 1.46. The van der Waals surface area contributed by atoms with E-state index in [4.69, 9.17) is 9.36 Å². The molecule has 3 aromatic rings. The van der Waals surface area contributed by atoms with Crippen LogP contribution in [0.4, 0.5) is 0 Å². The maximum absolute atomic E-state index is 12.4. The molecule has 0 spiro atoms. The van der Waals surface area contributed by atoms with Gasteiger partial charge in [-0.15, -0.1) is 0 Å². The van der Waals surface area contributed by atoms with Gasteiger partial charge in [0.2, 0.25) is 0 Å². The predicted octanol–water partition coefficient (Wildman–Crippen LogP) is 2.74. The van der Waals surface area contributed by atoms with E-state index < -0.39 is 0 Å². The maximum atomic E-state index is 12.4. The molecule has 1 amide bonds. The molecule has 0 aliphatic heterocycles. The summed E-state index contributed by atoms with van der Waals surface area (Å²) < 4.78 is 5.03. The van der Waals surface area contributed by atoms with Crippen LogP contribution in [0.2, 0.25) is 0 Å². The van der Waals surface area contributed by atoms with Gasteiger partial charge in [-0.25, -0.2) is 10.0 Å². The summed E-state index contributed by atoms with van der Waals surface area (Å²) in [6.45, 7) is 2.13. The van der Waals surface area contributed by atoms with E-state index in [-0.39, 0.29) is 5.91 Å². The molecule has 0 unspecified atom stereocenters. The summed E-state index contributed by atoms with van der Waals surface area (Å²) in [5, 5.41) is 5.75. The number of carbonyl (C=O) groups excluding carboxylic acids is 1. The first-order chi connectivity index (χ1) is 10.6. The van der Waals surface area contributed by atoms with E-state index in [1.165, 1.54) is 11.3 Å². The fourth-order valence-corrected chi connectivity index (χ4v) is 2.05. The van der Waals surface area contributed by atoms with Crippen LogP contribution in [0.1, 0.15) is 21.6 Å². The van der Waals surface area contributed by atoms with Crippen molar-refractivity contribution in [2.24, 2.45) is 0 Å². The van der Waals surface area contributed by atoms with Crippen LogP contribution >= 0.6 is 0 Å². The van der Waals surface area contributed by atoms with Crippen LogP contribution in [0.15, 0.2) is 47.1 Å². The highest BCUT2D eigenvalue weighted by Crippen LogP contribution is 2.17. The molecule has 0 aliphatic carbocycles. The number of aromatic nitrogens is 2. The molecule has 0 saturated carbocycles. The van der Waals surface area contributed by atoms with Crippen molar-refractivity contribution in [3.63, 3.8) is 0 Å². The van der Waals surface area contributed by atoms with Crippen molar-refractivity contribution in [2.45, 2.75) is 13.5 Å². The first-order valence-electron chi connectivity index (χ1n) is 6.82. The molecular formula is C16H15N3O3. The van der Waals surface area contributed by atoms with Gasteiger partial charge in [0.15, 0.2) is 0 Å². The molecule has 0 N–H and O–H groups in total. The lowest BCUT2D eigenvalue weighted by Gasteiger charge is -2.16. The summed E-state index contributed by atoms with van der Waals surface area (Å²) in [5.41, 5.74) is 2.53. The van der Waals surface area contributed by atoms with E-state index in [1.54, 1.807) is 20.0 Å².